The summed E-state index contributed by atoms with van der Waals surface area (Å²) >= 11 is 0. The predicted octanol–water partition coefficient (Wildman–Crippen LogP) is 5.10. The zero-order valence-corrected chi connectivity index (χ0v) is 16.8. The molecule has 1 aromatic heterocycles. The van der Waals surface area contributed by atoms with Crippen LogP contribution < -0.4 is 9.64 Å². The Bertz CT molecular complexity index is 1230. The van der Waals surface area contributed by atoms with Crippen molar-refractivity contribution in [3.05, 3.63) is 90.6 Å². The van der Waals surface area contributed by atoms with Crippen molar-refractivity contribution in [3.63, 3.8) is 0 Å². The molecule has 0 atom stereocenters. The lowest BCUT2D eigenvalue weighted by Gasteiger charge is -2.20. The molecule has 0 bridgehead atoms. The number of para-hydroxylation sites is 3. The third kappa shape index (κ3) is 4.00. The van der Waals surface area contributed by atoms with Crippen LogP contribution in [0.25, 0.3) is 11.3 Å². The number of benzene rings is 3. The fraction of sp³-hybridized carbons (Fsp3) is 0.0833. The average Bonchev–Trinajstić information content (AvgIpc) is 3.25. The topological polar surface area (TPSA) is 84.0 Å². The van der Waals surface area contributed by atoms with E-state index in [-0.39, 0.29) is 11.4 Å². The monoisotopic (exact) mass is 409 g/mol. The normalized spacial score (nSPS) is 10.3. The smallest absolute Gasteiger partial charge is 0.351 e. The van der Waals surface area contributed by atoms with Crippen molar-refractivity contribution in [1.82, 2.24) is 15.0 Å². The second-order valence-electron chi connectivity index (χ2n) is 6.58. The number of carbonyl (C=O) groups is 1. The number of amides is 1. The van der Waals surface area contributed by atoms with Crippen LogP contribution in [0.15, 0.2) is 84.9 Å². The van der Waals surface area contributed by atoms with Gasteiger partial charge in [0.2, 0.25) is 0 Å². The molecule has 0 saturated carbocycles. The number of rotatable bonds is 5. The van der Waals surface area contributed by atoms with Crippen molar-refractivity contribution in [2.45, 2.75) is 6.92 Å². The predicted molar refractivity (Wildman–Crippen MR) is 117 cm³/mol. The first kappa shape index (κ1) is 19.9. The minimum atomic E-state index is -0.453. The molecule has 0 spiro atoms. The minimum absolute atomic E-state index is 0.0449. The van der Waals surface area contributed by atoms with Gasteiger partial charge in [0.1, 0.15) is 23.3 Å². The number of anilines is 1. The van der Waals surface area contributed by atoms with Gasteiger partial charge in [0, 0.05) is 17.8 Å². The highest BCUT2D eigenvalue weighted by atomic mass is 16.5. The van der Waals surface area contributed by atoms with Crippen molar-refractivity contribution >= 4 is 11.7 Å². The number of ether oxygens (including phenoxy) is 1. The van der Waals surface area contributed by atoms with E-state index in [1.807, 2.05) is 79.7 Å². The molecule has 0 unspecified atom stereocenters. The van der Waals surface area contributed by atoms with Crippen LogP contribution >= 0.6 is 0 Å². The molecule has 7 heteroatoms. The Labute approximate surface area is 179 Å². The van der Waals surface area contributed by atoms with E-state index in [2.05, 4.69) is 16.4 Å². The molecule has 4 rings (SSSR count). The van der Waals surface area contributed by atoms with Crippen LogP contribution in [0.3, 0.4) is 0 Å². The molecule has 152 valence electrons. The molecule has 31 heavy (non-hydrogen) atoms. The zero-order valence-electron chi connectivity index (χ0n) is 16.8. The molecule has 0 saturated heterocycles. The van der Waals surface area contributed by atoms with E-state index in [1.54, 1.807) is 12.1 Å². The summed E-state index contributed by atoms with van der Waals surface area (Å²) in [6, 6.07) is 27.4. The number of nitriles is 1. The molecular formula is C24H19N5O2. The maximum absolute atomic E-state index is 13.2. The Balaban J connectivity index is 1.73. The van der Waals surface area contributed by atoms with E-state index >= 15 is 0 Å². The van der Waals surface area contributed by atoms with E-state index in [1.165, 1.54) is 4.90 Å². The van der Waals surface area contributed by atoms with Gasteiger partial charge in [-0.3, -0.25) is 4.90 Å². The van der Waals surface area contributed by atoms with Gasteiger partial charge >= 0.3 is 6.03 Å². The fourth-order valence-electron chi connectivity index (χ4n) is 3.21. The van der Waals surface area contributed by atoms with Crippen molar-refractivity contribution in [3.8, 4) is 28.8 Å². The average molecular weight is 409 g/mol. The van der Waals surface area contributed by atoms with Crippen LogP contribution in [0.5, 0.6) is 11.5 Å². The Morgan fingerprint density at radius 2 is 1.65 bits per heavy atom. The number of hydrogen-bond donors (Lipinski definition) is 0. The summed E-state index contributed by atoms with van der Waals surface area (Å²) in [4.78, 5) is 14.7. The van der Waals surface area contributed by atoms with Crippen LogP contribution in [0.4, 0.5) is 10.5 Å². The molecule has 0 N–H and O–H groups in total. The van der Waals surface area contributed by atoms with Gasteiger partial charge in [-0.05, 0) is 43.3 Å². The van der Waals surface area contributed by atoms with Gasteiger partial charge < -0.3 is 4.74 Å². The van der Waals surface area contributed by atoms with E-state index in [0.717, 1.165) is 4.68 Å². The maximum Gasteiger partial charge on any atom is 0.351 e. The minimum Gasteiger partial charge on any atom is -0.457 e. The highest BCUT2D eigenvalue weighted by Crippen LogP contribution is 2.33. The van der Waals surface area contributed by atoms with Gasteiger partial charge in [0.15, 0.2) is 5.69 Å². The van der Waals surface area contributed by atoms with Crippen molar-refractivity contribution in [1.29, 1.82) is 5.26 Å². The van der Waals surface area contributed by atoms with Gasteiger partial charge in [-0.2, -0.15) is 5.26 Å². The maximum atomic E-state index is 13.2. The molecular weight excluding hydrogens is 390 g/mol. The molecule has 1 heterocycles. The summed E-state index contributed by atoms with van der Waals surface area (Å²) in [6.45, 7) is 2.27. The second-order valence-corrected chi connectivity index (χ2v) is 6.58. The van der Waals surface area contributed by atoms with Crippen LogP contribution in [0.1, 0.15) is 12.6 Å². The first-order valence-corrected chi connectivity index (χ1v) is 9.78. The molecule has 7 nitrogen and oxygen atoms in total. The third-order valence-corrected chi connectivity index (χ3v) is 4.69. The molecule has 0 aliphatic carbocycles. The van der Waals surface area contributed by atoms with Crippen molar-refractivity contribution < 1.29 is 9.53 Å². The number of carbonyl (C=O) groups excluding carboxylic acids is 1. The number of aromatic nitrogens is 3. The summed E-state index contributed by atoms with van der Waals surface area (Å²) in [7, 11) is 0. The highest BCUT2D eigenvalue weighted by molar-refractivity contribution is 5.94. The first-order chi connectivity index (χ1) is 15.2. The van der Waals surface area contributed by atoms with Crippen molar-refractivity contribution in [2.75, 3.05) is 11.4 Å². The quantitative estimate of drug-likeness (QED) is 0.458. The molecule has 0 radical (unpaired) electrons. The fourth-order valence-corrected chi connectivity index (χ4v) is 3.21. The second kappa shape index (κ2) is 8.93. The zero-order chi connectivity index (χ0) is 21.6. The molecule has 0 aliphatic rings. The van der Waals surface area contributed by atoms with Gasteiger partial charge in [-0.1, -0.05) is 53.7 Å². The lowest BCUT2D eigenvalue weighted by Crippen LogP contribution is -2.35. The first-order valence-electron chi connectivity index (χ1n) is 9.78. The van der Waals surface area contributed by atoms with Gasteiger partial charge in [-0.25, -0.2) is 4.79 Å². The summed E-state index contributed by atoms with van der Waals surface area (Å²) in [5.41, 5.74) is 1.61. The van der Waals surface area contributed by atoms with Crippen molar-refractivity contribution in [2.24, 2.45) is 0 Å². The number of hydrogen-bond acceptors (Lipinski definition) is 5. The SMILES string of the molecule is CCN(C(=O)n1nnc(-c2ccccc2Oc2ccccc2)c1C#N)c1ccccc1. The summed E-state index contributed by atoms with van der Waals surface area (Å²) in [5, 5.41) is 18.0. The standard InChI is InChI=1S/C24H19N5O2/c1-2-28(18-11-5-3-6-12-18)24(30)29-21(17-25)23(26-27-29)20-15-9-10-16-22(20)31-19-13-7-4-8-14-19/h3-16H,2H2,1H3. The van der Waals surface area contributed by atoms with Gasteiger partial charge in [-0.15, -0.1) is 9.78 Å². The molecule has 1 amide bonds. The molecule has 0 fully saturated rings. The molecule has 3 aromatic carbocycles. The van der Waals surface area contributed by atoms with E-state index in [9.17, 15) is 10.1 Å². The van der Waals surface area contributed by atoms with E-state index < -0.39 is 6.03 Å². The lowest BCUT2D eigenvalue weighted by molar-refractivity contribution is 0.244. The summed E-state index contributed by atoms with van der Waals surface area (Å²) in [5.74, 6) is 1.17. The van der Waals surface area contributed by atoms with Crippen LogP contribution in [-0.4, -0.2) is 27.6 Å². The Morgan fingerprint density at radius 3 is 2.32 bits per heavy atom. The molecule has 4 aromatic rings. The van der Waals surface area contributed by atoms with E-state index in [0.29, 0.717) is 29.3 Å². The Morgan fingerprint density at radius 1 is 1.00 bits per heavy atom. The number of nitrogens with zero attached hydrogens (tertiary/aromatic N) is 5. The van der Waals surface area contributed by atoms with Gasteiger partial charge in [0.05, 0.1) is 0 Å². The van der Waals surface area contributed by atoms with Crippen LogP contribution in [0, 0.1) is 11.3 Å². The van der Waals surface area contributed by atoms with Crippen LogP contribution in [-0.2, 0) is 0 Å². The molecule has 0 aliphatic heterocycles. The largest absolute Gasteiger partial charge is 0.457 e. The summed E-state index contributed by atoms with van der Waals surface area (Å²) in [6.07, 6.45) is 0. The highest BCUT2D eigenvalue weighted by Gasteiger charge is 2.25. The Kier molecular flexibility index (Phi) is 5.72. The van der Waals surface area contributed by atoms with Gasteiger partial charge in [0.25, 0.3) is 0 Å². The Hall–Kier alpha value is -4.44. The lowest BCUT2D eigenvalue weighted by atomic mass is 10.1. The summed E-state index contributed by atoms with van der Waals surface area (Å²) < 4.78 is 7.02. The van der Waals surface area contributed by atoms with E-state index in [4.69, 9.17) is 4.74 Å². The van der Waals surface area contributed by atoms with Crippen LogP contribution in [0.2, 0.25) is 0 Å². The third-order valence-electron chi connectivity index (χ3n) is 4.69.